The highest BCUT2D eigenvalue weighted by atomic mass is 19.4. The molecule has 4 rings (SSSR count). The molecule has 2 heterocycles. The Morgan fingerprint density at radius 3 is 2.70 bits per heavy atom. The highest BCUT2D eigenvalue weighted by molar-refractivity contribution is 5.75. The first-order valence-corrected chi connectivity index (χ1v) is 10.5. The van der Waals surface area contributed by atoms with E-state index in [0.29, 0.717) is 31.5 Å². The number of hydrogen-bond donors (Lipinski definition) is 3. The van der Waals surface area contributed by atoms with Crippen LogP contribution in [0.4, 0.5) is 28.3 Å². The average Bonchev–Trinajstić information content (AvgIpc) is 3.42. The molecule has 2 aromatic rings. The number of carbonyl (C=O) groups is 1. The molecule has 1 aromatic heterocycles. The molecule has 1 saturated carbocycles. The van der Waals surface area contributed by atoms with Gasteiger partial charge in [-0.1, -0.05) is 6.07 Å². The number of piperidine rings is 1. The van der Waals surface area contributed by atoms with Crippen molar-refractivity contribution in [3.63, 3.8) is 0 Å². The third-order valence-electron chi connectivity index (χ3n) is 5.73. The summed E-state index contributed by atoms with van der Waals surface area (Å²) in [6, 6.07) is 2.21. The first-order chi connectivity index (χ1) is 15.7. The van der Waals surface area contributed by atoms with E-state index in [0.717, 1.165) is 25.0 Å². The van der Waals surface area contributed by atoms with Crippen LogP contribution in [0.15, 0.2) is 24.5 Å². The number of anilines is 1. The number of aliphatic hydroxyl groups excluding tert-OH is 1. The minimum Gasteiger partial charge on any atom is -0.406 e. The van der Waals surface area contributed by atoms with Crippen LogP contribution in [0.1, 0.15) is 24.8 Å². The van der Waals surface area contributed by atoms with Gasteiger partial charge in [0.15, 0.2) is 0 Å². The second-order valence-corrected chi connectivity index (χ2v) is 8.25. The zero-order valence-corrected chi connectivity index (χ0v) is 17.6. The zero-order valence-electron chi connectivity index (χ0n) is 17.6. The van der Waals surface area contributed by atoms with E-state index in [1.165, 1.54) is 6.33 Å². The number of nitrogens with one attached hydrogen (secondary N) is 2. The van der Waals surface area contributed by atoms with Crippen LogP contribution >= 0.6 is 0 Å². The summed E-state index contributed by atoms with van der Waals surface area (Å²) in [7, 11) is 0. The summed E-state index contributed by atoms with van der Waals surface area (Å²) in [6.45, 7) is 0.828. The molecule has 33 heavy (non-hydrogen) atoms. The monoisotopic (exact) mass is 472 g/mol. The number of aromatic nitrogens is 3. The Hall–Kier alpha value is -3.09. The third-order valence-corrected chi connectivity index (χ3v) is 5.73. The van der Waals surface area contributed by atoms with Crippen molar-refractivity contribution in [1.29, 1.82) is 0 Å². The number of alkyl halides is 3. The maximum Gasteiger partial charge on any atom is 0.573 e. The van der Waals surface area contributed by atoms with Crippen LogP contribution in [0.25, 0.3) is 0 Å². The van der Waals surface area contributed by atoms with Crippen molar-refractivity contribution in [3.05, 3.63) is 35.9 Å². The maximum atomic E-state index is 14.2. The molecular formula is C20H24F4N6O3. The molecule has 1 saturated heterocycles. The Morgan fingerprint density at radius 1 is 1.30 bits per heavy atom. The molecule has 0 bridgehead atoms. The van der Waals surface area contributed by atoms with Crippen LogP contribution in [-0.2, 0) is 6.54 Å². The van der Waals surface area contributed by atoms with Gasteiger partial charge in [0.2, 0.25) is 5.95 Å². The number of aromatic amines is 1. The number of H-pyrrole nitrogens is 1. The minimum absolute atomic E-state index is 0.0359. The van der Waals surface area contributed by atoms with Gasteiger partial charge in [-0.3, -0.25) is 0 Å². The summed E-state index contributed by atoms with van der Waals surface area (Å²) in [6.07, 6.45) is -1.25. The molecule has 2 amide bonds. The maximum absolute atomic E-state index is 14.2. The number of benzene rings is 1. The Balaban J connectivity index is 1.42. The molecule has 0 radical (unpaired) electrons. The lowest BCUT2D eigenvalue weighted by molar-refractivity contribution is -0.274. The molecule has 1 aromatic carbocycles. The SMILES string of the molecule is O=C(NCc1ccc(OC(F)(F)F)cc1F)N(C1CC1)C1CC(CO)CN(c2ncn[nH]2)C1. The van der Waals surface area contributed by atoms with Gasteiger partial charge < -0.3 is 25.0 Å². The smallest absolute Gasteiger partial charge is 0.406 e. The van der Waals surface area contributed by atoms with Crippen molar-refractivity contribution < 1.29 is 32.2 Å². The van der Waals surface area contributed by atoms with E-state index >= 15 is 0 Å². The number of rotatable bonds is 7. The quantitative estimate of drug-likeness (QED) is 0.535. The molecule has 3 N–H and O–H groups in total. The highest BCUT2D eigenvalue weighted by Gasteiger charge is 2.41. The largest absolute Gasteiger partial charge is 0.573 e. The van der Waals surface area contributed by atoms with Crippen molar-refractivity contribution in [2.45, 2.75) is 44.3 Å². The fraction of sp³-hybridized carbons (Fsp3) is 0.550. The predicted octanol–water partition coefficient (Wildman–Crippen LogP) is 2.40. The zero-order chi connectivity index (χ0) is 23.6. The predicted molar refractivity (Wildman–Crippen MR) is 108 cm³/mol. The molecule has 2 atom stereocenters. The molecule has 1 aliphatic carbocycles. The van der Waals surface area contributed by atoms with Gasteiger partial charge >= 0.3 is 12.4 Å². The fourth-order valence-corrected chi connectivity index (χ4v) is 4.15. The van der Waals surface area contributed by atoms with Crippen LogP contribution in [-0.4, -0.2) is 69.4 Å². The number of carbonyl (C=O) groups excluding carboxylic acids is 1. The van der Waals surface area contributed by atoms with E-state index in [9.17, 15) is 27.5 Å². The average molecular weight is 472 g/mol. The molecule has 180 valence electrons. The number of amides is 2. The number of nitrogens with zero attached hydrogens (tertiary/aromatic N) is 4. The van der Waals surface area contributed by atoms with Crippen LogP contribution in [0.3, 0.4) is 0 Å². The van der Waals surface area contributed by atoms with Gasteiger partial charge in [-0.2, -0.15) is 10.1 Å². The lowest BCUT2D eigenvalue weighted by Gasteiger charge is -2.42. The molecule has 0 spiro atoms. The Labute approximate surface area is 186 Å². The Morgan fingerprint density at radius 2 is 2.09 bits per heavy atom. The van der Waals surface area contributed by atoms with Crippen LogP contribution < -0.4 is 15.0 Å². The van der Waals surface area contributed by atoms with Crippen molar-refractivity contribution >= 4 is 12.0 Å². The van der Waals surface area contributed by atoms with Crippen LogP contribution in [0.5, 0.6) is 5.75 Å². The minimum atomic E-state index is -4.92. The second-order valence-electron chi connectivity index (χ2n) is 8.25. The van der Waals surface area contributed by atoms with Crippen LogP contribution in [0, 0.1) is 11.7 Å². The Bertz CT molecular complexity index is 954. The van der Waals surface area contributed by atoms with E-state index < -0.39 is 24.0 Å². The van der Waals surface area contributed by atoms with Crippen molar-refractivity contribution in [2.75, 3.05) is 24.6 Å². The number of halogens is 4. The Kier molecular flexibility index (Phi) is 6.58. The van der Waals surface area contributed by atoms with Gasteiger partial charge in [-0.05, 0) is 25.3 Å². The summed E-state index contributed by atoms with van der Waals surface area (Å²) in [5.74, 6) is -1.09. The fourth-order valence-electron chi connectivity index (χ4n) is 4.15. The van der Waals surface area contributed by atoms with Gasteiger partial charge in [0.25, 0.3) is 0 Å². The van der Waals surface area contributed by atoms with E-state index in [1.807, 2.05) is 4.90 Å². The van der Waals surface area contributed by atoms with Crippen molar-refractivity contribution in [3.8, 4) is 5.75 Å². The van der Waals surface area contributed by atoms with Gasteiger partial charge in [-0.25, -0.2) is 14.3 Å². The van der Waals surface area contributed by atoms with E-state index in [2.05, 4.69) is 25.2 Å². The third kappa shape index (κ3) is 5.83. The van der Waals surface area contributed by atoms with Gasteiger partial charge in [-0.15, -0.1) is 13.2 Å². The number of ether oxygens (including phenoxy) is 1. The second kappa shape index (κ2) is 9.41. The first-order valence-electron chi connectivity index (χ1n) is 10.5. The molecule has 1 aliphatic heterocycles. The topological polar surface area (TPSA) is 107 Å². The number of urea groups is 1. The summed E-state index contributed by atoms with van der Waals surface area (Å²) in [5, 5.41) is 19.1. The van der Waals surface area contributed by atoms with Crippen molar-refractivity contribution in [1.82, 2.24) is 25.4 Å². The number of hydrogen-bond acceptors (Lipinski definition) is 6. The van der Waals surface area contributed by atoms with E-state index in [1.54, 1.807) is 4.90 Å². The molecule has 13 heteroatoms. The van der Waals surface area contributed by atoms with E-state index in [4.69, 9.17) is 0 Å². The summed E-state index contributed by atoms with van der Waals surface area (Å²) >= 11 is 0. The van der Waals surface area contributed by atoms with E-state index in [-0.39, 0.29) is 36.7 Å². The standard InChI is InChI=1S/C20H24F4N6O3/c21-17-6-16(33-20(22,23)24)4-1-13(17)7-25-19(32)30(14-2-3-14)15-5-12(10-31)8-29(9-15)18-26-11-27-28-18/h1,4,6,11-12,14-15,31H,2-3,5,7-10H2,(H,25,32)(H,26,27,28). The molecule has 2 aliphatic rings. The molecule has 2 unspecified atom stereocenters. The molecule has 9 nitrogen and oxygen atoms in total. The summed E-state index contributed by atoms with van der Waals surface area (Å²) in [5.41, 5.74) is 0.0359. The highest BCUT2D eigenvalue weighted by Crippen LogP contribution is 2.33. The normalized spacial score (nSPS) is 21.1. The lowest BCUT2D eigenvalue weighted by Crippen LogP contribution is -2.56. The van der Waals surface area contributed by atoms with Gasteiger partial charge in [0.1, 0.15) is 17.9 Å². The van der Waals surface area contributed by atoms with Crippen molar-refractivity contribution in [2.24, 2.45) is 5.92 Å². The van der Waals surface area contributed by atoms with Crippen LogP contribution in [0.2, 0.25) is 0 Å². The van der Waals surface area contributed by atoms with Gasteiger partial charge in [0.05, 0.1) is 6.04 Å². The van der Waals surface area contributed by atoms with Gasteiger partial charge in [0, 0.05) is 49.8 Å². The summed E-state index contributed by atoms with van der Waals surface area (Å²) in [4.78, 5) is 20.9. The first kappa shape index (κ1) is 23.1. The molecular weight excluding hydrogens is 448 g/mol. The molecule has 2 fully saturated rings. The number of aliphatic hydroxyl groups is 1. The summed E-state index contributed by atoms with van der Waals surface area (Å²) < 4.78 is 54.9. The lowest BCUT2D eigenvalue weighted by atomic mass is 9.94.